The molecule has 0 fully saturated rings. The molecule has 0 aliphatic rings. The normalized spacial score (nSPS) is 12.4. The minimum Gasteiger partial charge on any atom is -0.208 e. The Morgan fingerprint density at radius 2 is 1.33 bits per heavy atom. The molecule has 76 valence electrons. The average Bonchev–Trinajstić information content (AvgIpc) is 2.30. The summed E-state index contributed by atoms with van der Waals surface area (Å²) in [5.74, 6) is -0.168. The van der Waals surface area contributed by atoms with E-state index < -0.39 is 6.71 Å². The molecule has 0 aliphatic carbocycles. The van der Waals surface area contributed by atoms with Gasteiger partial charge < -0.3 is 0 Å². The first-order chi connectivity index (χ1) is 7.27. The van der Waals surface area contributed by atoms with Gasteiger partial charge in [-0.05, 0) is 12.1 Å². The SMILES string of the molecule is C[BH-](c1ccccc1)c1ccc(F)cc1. The highest BCUT2D eigenvalue weighted by Gasteiger charge is 2.00. The zero-order chi connectivity index (χ0) is 10.7. The number of hydrogen-bond donors (Lipinski definition) is 0. The molecular formula is C13H13BF-. The van der Waals surface area contributed by atoms with E-state index >= 15 is 0 Å². The Kier molecular flexibility index (Phi) is 2.86. The minimum absolute atomic E-state index is 0.168. The molecular weight excluding hydrogens is 186 g/mol. The summed E-state index contributed by atoms with van der Waals surface area (Å²) in [4.78, 5) is 0. The Balaban J connectivity index is 2.29. The Bertz CT molecular complexity index is 422. The van der Waals surface area contributed by atoms with Crippen molar-refractivity contribution < 1.29 is 4.39 Å². The summed E-state index contributed by atoms with van der Waals surface area (Å²) in [7, 11) is 0. The van der Waals surface area contributed by atoms with Crippen LogP contribution in [0.15, 0.2) is 54.6 Å². The Morgan fingerprint density at radius 1 is 0.800 bits per heavy atom. The van der Waals surface area contributed by atoms with Crippen molar-refractivity contribution in [2.24, 2.45) is 0 Å². The highest BCUT2D eigenvalue weighted by Crippen LogP contribution is 1.95. The molecule has 0 bridgehead atoms. The average molecular weight is 199 g/mol. The van der Waals surface area contributed by atoms with E-state index in [-0.39, 0.29) is 5.82 Å². The van der Waals surface area contributed by atoms with Crippen LogP contribution in [0.1, 0.15) is 0 Å². The summed E-state index contributed by atoms with van der Waals surface area (Å²) in [5.41, 5.74) is 2.56. The van der Waals surface area contributed by atoms with Crippen LogP contribution in [0.25, 0.3) is 0 Å². The first kappa shape index (κ1) is 9.97. The van der Waals surface area contributed by atoms with Gasteiger partial charge >= 0.3 is 0 Å². The molecule has 0 N–H and O–H groups in total. The zero-order valence-corrected chi connectivity index (χ0v) is 8.78. The third kappa shape index (κ3) is 2.27. The quantitative estimate of drug-likeness (QED) is 0.647. The highest BCUT2D eigenvalue weighted by molar-refractivity contribution is 6.84. The van der Waals surface area contributed by atoms with Gasteiger partial charge in [-0.3, -0.25) is 0 Å². The maximum atomic E-state index is 12.8. The molecule has 0 amide bonds. The molecule has 0 radical (unpaired) electrons. The Labute approximate surface area is 89.8 Å². The minimum atomic E-state index is -0.539. The number of rotatable bonds is 2. The van der Waals surface area contributed by atoms with Crippen LogP contribution in [0.4, 0.5) is 4.39 Å². The van der Waals surface area contributed by atoms with Crippen molar-refractivity contribution in [2.45, 2.75) is 6.82 Å². The van der Waals surface area contributed by atoms with Gasteiger partial charge in [-0.2, -0.15) is 6.82 Å². The topological polar surface area (TPSA) is 0 Å². The fourth-order valence-corrected chi connectivity index (χ4v) is 1.91. The van der Waals surface area contributed by atoms with Gasteiger partial charge in [-0.25, -0.2) is 15.3 Å². The van der Waals surface area contributed by atoms with Crippen molar-refractivity contribution in [3.05, 3.63) is 60.4 Å². The van der Waals surface area contributed by atoms with Crippen LogP contribution in [-0.2, 0) is 0 Å². The van der Waals surface area contributed by atoms with Crippen LogP contribution < -0.4 is 10.9 Å². The Hall–Kier alpha value is -1.57. The number of halogens is 1. The maximum Gasteiger partial charge on any atom is 0.122 e. The molecule has 15 heavy (non-hydrogen) atoms. The van der Waals surface area contributed by atoms with Crippen LogP contribution in [0.5, 0.6) is 0 Å². The maximum absolute atomic E-state index is 12.8. The molecule has 0 saturated heterocycles. The summed E-state index contributed by atoms with van der Waals surface area (Å²) in [6.07, 6.45) is 0. The van der Waals surface area contributed by atoms with Crippen molar-refractivity contribution in [3.8, 4) is 0 Å². The van der Waals surface area contributed by atoms with Gasteiger partial charge in [0.15, 0.2) is 0 Å². The fraction of sp³-hybridized carbons (Fsp3) is 0.0769. The fourth-order valence-electron chi connectivity index (χ4n) is 1.91. The predicted molar refractivity (Wildman–Crippen MR) is 65.1 cm³/mol. The van der Waals surface area contributed by atoms with Gasteiger partial charge in [0.25, 0.3) is 0 Å². The first-order valence-electron chi connectivity index (χ1n) is 5.34. The molecule has 0 spiro atoms. The van der Waals surface area contributed by atoms with Gasteiger partial charge in [0, 0.05) is 6.71 Å². The zero-order valence-electron chi connectivity index (χ0n) is 8.78. The van der Waals surface area contributed by atoms with Gasteiger partial charge in [0.05, 0.1) is 0 Å². The Morgan fingerprint density at radius 3 is 1.93 bits per heavy atom. The van der Waals surface area contributed by atoms with E-state index in [0.29, 0.717) is 0 Å². The van der Waals surface area contributed by atoms with Crippen LogP contribution in [0.2, 0.25) is 6.82 Å². The lowest BCUT2D eigenvalue weighted by molar-refractivity contribution is 0.628. The second-order valence-electron chi connectivity index (χ2n) is 4.00. The third-order valence-corrected chi connectivity index (χ3v) is 2.98. The summed E-state index contributed by atoms with van der Waals surface area (Å²) in [5, 5.41) is 0. The summed E-state index contributed by atoms with van der Waals surface area (Å²) in [6, 6.07) is 17.2. The van der Waals surface area contributed by atoms with Crippen molar-refractivity contribution in [1.82, 2.24) is 0 Å². The van der Waals surface area contributed by atoms with E-state index in [1.54, 1.807) is 0 Å². The molecule has 1 unspecified atom stereocenters. The summed E-state index contributed by atoms with van der Waals surface area (Å²) < 4.78 is 12.8. The monoisotopic (exact) mass is 199 g/mol. The molecule has 2 rings (SSSR count). The number of hydrogen-bond acceptors (Lipinski definition) is 0. The lowest BCUT2D eigenvalue weighted by Crippen LogP contribution is -2.38. The van der Waals surface area contributed by atoms with Crippen molar-refractivity contribution in [2.75, 3.05) is 0 Å². The van der Waals surface area contributed by atoms with E-state index in [1.807, 2.05) is 30.3 Å². The second kappa shape index (κ2) is 4.30. The van der Waals surface area contributed by atoms with Crippen LogP contribution in [-0.4, -0.2) is 6.71 Å². The molecule has 0 aliphatic heterocycles. The lowest BCUT2D eigenvalue weighted by Gasteiger charge is -2.18. The molecule has 2 heteroatoms. The largest absolute Gasteiger partial charge is 0.208 e. The molecule has 2 aromatic rings. The lowest BCUT2D eigenvalue weighted by atomic mass is 9.43. The molecule has 2 aromatic carbocycles. The highest BCUT2D eigenvalue weighted by atomic mass is 19.1. The molecule has 1 atom stereocenters. The van der Waals surface area contributed by atoms with Crippen molar-refractivity contribution in [3.63, 3.8) is 0 Å². The van der Waals surface area contributed by atoms with Crippen LogP contribution in [0.3, 0.4) is 0 Å². The first-order valence-corrected chi connectivity index (χ1v) is 5.34. The van der Waals surface area contributed by atoms with Gasteiger partial charge in [0.2, 0.25) is 0 Å². The molecule has 0 saturated carbocycles. The summed E-state index contributed by atoms with van der Waals surface area (Å²) >= 11 is 0. The van der Waals surface area contributed by atoms with E-state index in [2.05, 4.69) is 19.0 Å². The van der Waals surface area contributed by atoms with Crippen LogP contribution in [0, 0.1) is 5.82 Å². The van der Waals surface area contributed by atoms with Crippen molar-refractivity contribution in [1.29, 1.82) is 0 Å². The van der Waals surface area contributed by atoms with E-state index in [0.717, 1.165) is 0 Å². The third-order valence-electron chi connectivity index (χ3n) is 2.98. The smallest absolute Gasteiger partial charge is 0.122 e. The molecule has 0 aromatic heterocycles. The predicted octanol–water partition coefficient (Wildman–Crippen LogP) is 1.80. The van der Waals surface area contributed by atoms with E-state index in [1.165, 1.54) is 23.1 Å². The molecule has 0 heterocycles. The van der Waals surface area contributed by atoms with Crippen LogP contribution >= 0.6 is 0 Å². The van der Waals surface area contributed by atoms with E-state index in [4.69, 9.17) is 0 Å². The summed E-state index contributed by atoms with van der Waals surface area (Å²) in [6.45, 7) is 1.67. The molecule has 0 nitrogen and oxygen atoms in total. The van der Waals surface area contributed by atoms with E-state index in [9.17, 15) is 4.39 Å². The van der Waals surface area contributed by atoms with Crippen molar-refractivity contribution >= 4 is 17.6 Å². The standard InChI is InChI=1S/C13H13BF/c1-14(11-5-3-2-4-6-11)12-7-9-13(15)10-8-12/h2-10,14H,1H3/q-1. The van der Waals surface area contributed by atoms with Gasteiger partial charge in [-0.1, -0.05) is 42.5 Å². The second-order valence-corrected chi connectivity index (χ2v) is 4.00. The van der Waals surface area contributed by atoms with Gasteiger partial charge in [-0.15, -0.1) is 0 Å². The number of benzene rings is 2. The van der Waals surface area contributed by atoms with Gasteiger partial charge in [0.1, 0.15) is 5.82 Å².